The van der Waals surface area contributed by atoms with Gasteiger partial charge in [0.05, 0.1) is 12.3 Å². The number of fused-ring (bicyclic) bond motifs is 3. The van der Waals surface area contributed by atoms with Crippen molar-refractivity contribution < 1.29 is 23.1 Å². The van der Waals surface area contributed by atoms with Crippen LogP contribution in [0.25, 0.3) is 11.4 Å². The number of aromatic nitrogens is 5. The Bertz CT molecular complexity index is 1220. The van der Waals surface area contributed by atoms with Crippen LogP contribution in [0.3, 0.4) is 0 Å². The van der Waals surface area contributed by atoms with E-state index in [0.29, 0.717) is 23.4 Å². The van der Waals surface area contributed by atoms with E-state index in [1.807, 2.05) is 13.8 Å². The molecule has 13 heteroatoms. The van der Waals surface area contributed by atoms with Crippen LogP contribution in [0.4, 0.5) is 19.9 Å². The van der Waals surface area contributed by atoms with E-state index in [0.717, 1.165) is 22.3 Å². The van der Waals surface area contributed by atoms with Gasteiger partial charge in [-0.1, -0.05) is 13.8 Å². The van der Waals surface area contributed by atoms with Gasteiger partial charge in [0.1, 0.15) is 17.1 Å². The lowest BCUT2D eigenvalue weighted by Crippen LogP contribution is -2.29. The maximum absolute atomic E-state index is 14.2. The third-order valence-electron chi connectivity index (χ3n) is 4.99. The summed E-state index contributed by atoms with van der Waals surface area (Å²) in [6, 6.07) is 0. The maximum atomic E-state index is 14.2. The molecular weight excluding hydrogens is 444 g/mol. The van der Waals surface area contributed by atoms with Gasteiger partial charge < -0.3 is 10.5 Å². The maximum Gasteiger partial charge on any atom is 0.385 e. The first-order chi connectivity index (χ1) is 15.0. The highest BCUT2D eigenvalue weighted by Gasteiger charge is 2.45. The number of aromatic amines is 1. The monoisotopic (exact) mass is 463 g/mol. The van der Waals surface area contributed by atoms with E-state index in [1.54, 1.807) is 6.20 Å². The first kappa shape index (κ1) is 21.7. The molecule has 3 aromatic rings. The SMILES string of the molecule is CCOC(=O)C(F)(F)c1csc(NC(=O)c2[nH]nc3c2C(C)(C)Cc2cnc(N)nc2-3)n1. The number of esters is 1. The molecule has 1 amide bonds. The first-order valence-electron chi connectivity index (χ1n) is 9.57. The van der Waals surface area contributed by atoms with Crippen molar-refractivity contribution in [1.82, 2.24) is 25.1 Å². The number of nitrogen functional groups attached to an aromatic ring is 1. The molecule has 0 unspecified atom stereocenters. The number of nitrogens with zero attached hydrogens (tertiary/aromatic N) is 4. The van der Waals surface area contributed by atoms with Crippen molar-refractivity contribution in [2.45, 2.75) is 38.5 Å². The smallest absolute Gasteiger partial charge is 0.385 e. The van der Waals surface area contributed by atoms with Crippen LogP contribution in [-0.4, -0.2) is 43.6 Å². The van der Waals surface area contributed by atoms with Gasteiger partial charge in [0.15, 0.2) is 5.13 Å². The molecule has 1 aliphatic carbocycles. The number of hydrogen-bond donors (Lipinski definition) is 3. The molecule has 0 aliphatic heterocycles. The van der Waals surface area contributed by atoms with Crippen LogP contribution in [0, 0.1) is 0 Å². The molecule has 4 N–H and O–H groups in total. The van der Waals surface area contributed by atoms with Gasteiger partial charge in [0.2, 0.25) is 5.95 Å². The molecule has 168 valence electrons. The summed E-state index contributed by atoms with van der Waals surface area (Å²) in [7, 11) is 0. The summed E-state index contributed by atoms with van der Waals surface area (Å²) in [5.41, 5.74) is 7.05. The van der Waals surface area contributed by atoms with E-state index in [4.69, 9.17) is 5.73 Å². The van der Waals surface area contributed by atoms with Gasteiger partial charge in [-0.25, -0.2) is 19.7 Å². The Hall–Kier alpha value is -3.48. The van der Waals surface area contributed by atoms with Gasteiger partial charge in [-0.15, -0.1) is 11.3 Å². The zero-order valence-corrected chi connectivity index (χ0v) is 18.1. The van der Waals surface area contributed by atoms with E-state index in [9.17, 15) is 18.4 Å². The number of alkyl halides is 2. The number of amides is 1. The summed E-state index contributed by atoms with van der Waals surface area (Å²) in [6.07, 6.45) is 2.18. The Morgan fingerprint density at radius 1 is 1.34 bits per heavy atom. The topological polar surface area (TPSA) is 149 Å². The molecule has 32 heavy (non-hydrogen) atoms. The molecule has 0 aromatic carbocycles. The fourth-order valence-electron chi connectivity index (χ4n) is 3.62. The standard InChI is InChI=1S/C19H19F2N7O3S/c1-4-31-15(30)19(20,21)9-7-32-17(24-9)26-14(29)13-10-12(27-28-13)11-8(5-18(10,2)3)6-23-16(22)25-11/h6-7H,4-5H2,1-3H3,(H,27,28)(H2,22,23,25)(H,24,26,29). The summed E-state index contributed by atoms with van der Waals surface area (Å²) in [5.74, 6) is -6.15. The lowest BCUT2D eigenvalue weighted by molar-refractivity contribution is -0.173. The molecular formula is C19H19F2N7O3S. The Morgan fingerprint density at radius 3 is 2.81 bits per heavy atom. The molecule has 0 atom stereocenters. The van der Waals surface area contributed by atoms with E-state index < -0.39 is 28.9 Å². The van der Waals surface area contributed by atoms with E-state index >= 15 is 0 Å². The zero-order valence-electron chi connectivity index (χ0n) is 17.3. The second-order valence-electron chi connectivity index (χ2n) is 7.77. The quantitative estimate of drug-likeness (QED) is 0.489. The molecule has 3 aromatic heterocycles. The summed E-state index contributed by atoms with van der Waals surface area (Å²) < 4.78 is 32.7. The van der Waals surface area contributed by atoms with Gasteiger partial charge in [-0.3, -0.25) is 15.2 Å². The number of rotatable bonds is 5. The minimum Gasteiger partial charge on any atom is -0.461 e. The minimum atomic E-state index is -3.92. The number of carbonyl (C=O) groups is 2. The van der Waals surface area contributed by atoms with Crippen LogP contribution in [0.1, 0.15) is 48.1 Å². The lowest BCUT2D eigenvalue weighted by Gasteiger charge is -2.30. The molecule has 0 saturated heterocycles. The van der Waals surface area contributed by atoms with Crippen molar-refractivity contribution in [3.05, 3.63) is 34.1 Å². The number of ether oxygens (including phenoxy) is 1. The Balaban J connectivity index is 1.63. The van der Waals surface area contributed by atoms with Crippen LogP contribution in [0.15, 0.2) is 11.6 Å². The molecule has 4 rings (SSSR count). The summed E-state index contributed by atoms with van der Waals surface area (Å²) >= 11 is 0.763. The van der Waals surface area contributed by atoms with Crippen LogP contribution in [0.5, 0.6) is 0 Å². The largest absolute Gasteiger partial charge is 0.461 e. The number of halogens is 2. The predicted molar refractivity (Wildman–Crippen MR) is 111 cm³/mol. The highest BCUT2D eigenvalue weighted by molar-refractivity contribution is 7.14. The molecule has 10 nitrogen and oxygen atoms in total. The third-order valence-corrected chi connectivity index (χ3v) is 5.75. The van der Waals surface area contributed by atoms with Crippen LogP contribution in [0.2, 0.25) is 0 Å². The van der Waals surface area contributed by atoms with E-state index in [2.05, 4.69) is 35.2 Å². The van der Waals surface area contributed by atoms with Gasteiger partial charge in [-0.2, -0.15) is 13.9 Å². The molecule has 0 spiro atoms. The fourth-order valence-corrected chi connectivity index (χ4v) is 4.34. The average Bonchev–Trinajstić information content (AvgIpc) is 3.37. The normalized spacial score (nSPS) is 14.4. The fraction of sp³-hybridized carbons (Fsp3) is 0.368. The van der Waals surface area contributed by atoms with E-state index in [-0.39, 0.29) is 23.4 Å². The highest BCUT2D eigenvalue weighted by Crippen LogP contribution is 2.43. The second-order valence-corrected chi connectivity index (χ2v) is 8.63. The molecule has 1 aliphatic rings. The molecule has 3 heterocycles. The Labute approximate surface area is 184 Å². The lowest BCUT2D eigenvalue weighted by atomic mass is 9.73. The number of thiazole rings is 1. The summed E-state index contributed by atoms with van der Waals surface area (Å²) in [6.45, 7) is 5.12. The number of anilines is 2. The summed E-state index contributed by atoms with van der Waals surface area (Å²) in [4.78, 5) is 36.4. The minimum absolute atomic E-state index is 0.0845. The van der Waals surface area contributed by atoms with Gasteiger partial charge >= 0.3 is 11.9 Å². The Kier molecular flexibility index (Phi) is 5.15. The second kappa shape index (κ2) is 7.58. The third kappa shape index (κ3) is 3.57. The summed E-state index contributed by atoms with van der Waals surface area (Å²) in [5, 5.41) is 10.4. The number of H-pyrrole nitrogens is 1. The molecule has 0 saturated carbocycles. The number of nitrogens with one attached hydrogen (secondary N) is 2. The average molecular weight is 463 g/mol. The number of nitrogens with two attached hydrogens (primary N) is 1. The van der Waals surface area contributed by atoms with Crippen molar-refractivity contribution in [2.24, 2.45) is 0 Å². The van der Waals surface area contributed by atoms with E-state index in [1.165, 1.54) is 6.92 Å². The van der Waals surface area contributed by atoms with Crippen LogP contribution < -0.4 is 11.1 Å². The number of hydrogen-bond acceptors (Lipinski definition) is 9. The van der Waals surface area contributed by atoms with Gasteiger partial charge in [0.25, 0.3) is 5.91 Å². The van der Waals surface area contributed by atoms with Gasteiger partial charge in [0, 0.05) is 17.1 Å². The molecule has 0 radical (unpaired) electrons. The highest BCUT2D eigenvalue weighted by atomic mass is 32.1. The van der Waals surface area contributed by atoms with Crippen LogP contribution in [-0.2, 0) is 27.3 Å². The molecule has 0 fully saturated rings. The van der Waals surface area contributed by atoms with Gasteiger partial charge in [-0.05, 0) is 24.3 Å². The molecule has 0 bridgehead atoms. The van der Waals surface area contributed by atoms with Crippen LogP contribution >= 0.6 is 11.3 Å². The van der Waals surface area contributed by atoms with Crippen molar-refractivity contribution in [1.29, 1.82) is 0 Å². The predicted octanol–water partition coefficient (Wildman–Crippen LogP) is 2.65. The zero-order chi connectivity index (χ0) is 23.3. The van der Waals surface area contributed by atoms with Crippen molar-refractivity contribution in [3.8, 4) is 11.4 Å². The first-order valence-corrected chi connectivity index (χ1v) is 10.5. The Morgan fingerprint density at radius 2 is 2.09 bits per heavy atom. The van der Waals surface area contributed by atoms with Crippen molar-refractivity contribution in [2.75, 3.05) is 17.7 Å². The number of carbonyl (C=O) groups excluding carboxylic acids is 2. The van der Waals surface area contributed by atoms with Crippen molar-refractivity contribution >= 4 is 34.3 Å². The van der Waals surface area contributed by atoms with Crippen molar-refractivity contribution in [3.63, 3.8) is 0 Å².